The lowest BCUT2D eigenvalue weighted by atomic mass is 10.1. The van der Waals surface area contributed by atoms with Gasteiger partial charge in [-0.15, -0.1) is 0 Å². The molecule has 1 fully saturated rings. The van der Waals surface area contributed by atoms with E-state index in [1.807, 2.05) is 18.2 Å². The molecule has 0 aliphatic heterocycles. The van der Waals surface area contributed by atoms with Crippen LogP contribution in [0.15, 0.2) is 18.2 Å². The van der Waals surface area contributed by atoms with Crippen LogP contribution in [0.5, 0.6) is 5.88 Å². The predicted octanol–water partition coefficient (Wildman–Crippen LogP) is 3.62. The summed E-state index contributed by atoms with van der Waals surface area (Å²) in [6, 6.07) is 5.92. The summed E-state index contributed by atoms with van der Waals surface area (Å²) in [4.78, 5) is 4.45. The van der Waals surface area contributed by atoms with Gasteiger partial charge in [0.05, 0.1) is 0 Å². The molecule has 0 unspecified atom stereocenters. The van der Waals surface area contributed by atoms with Crippen molar-refractivity contribution in [1.82, 2.24) is 4.98 Å². The summed E-state index contributed by atoms with van der Waals surface area (Å²) in [6.45, 7) is 2.96. The maximum Gasteiger partial charge on any atom is 0.215 e. The van der Waals surface area contributed by atoms with Crippen LogP contribution in [0.2, 0.25) is 0 Å². The van der Waals surface area contributed by atoms with Crippen molar-refractivity contribution >= 4 is 5.82 Å². The number of rotatable bonds is 4. The second-order valence-corrected chi connectivity index (χ2v) is 4.62. The molecule has 1 saturated carbocycles. The van der Waals surface area contributed by atoms with Crippen LogP contribution in [-0.2, 0) is 0 Å². The molecule has 0 radical (unpaired) electrons. The topological polar surface area (TPSA) is 34.1 Å². The molecule has 1 heterocycles. The highest BCUT2D eigenvalue weighted by molar-refractivity contribution is 5.36. The minimum Gasteiger partial charge on any atom is -0.474 e. The third kappa shape index (κ3) is 3.91. The number of hydrogen-bond acceptors (Lipinski definition) is 3. The standard InChI is InChI=1S/C14H22N2O/c1-2-15-13-10-7-11-14(16-13)17-12-8-5-3-4-6-9-12/h7,10-12H,2-6,8-9H2,1H3,(H,15,16). The quantitative estimate of drug-likeness (QED) is 0.808. The van der Waals surface area contributed by atoms with Crippen LogP contribution in [-0.4, -0.2) is 17.6 Å². The fraction of sp³-hybridized carbons (Fsp3) is 0.643. The van der Waals surface area contributed by atoms with E-state index in [4.69, 9.17) is 4.74 Å². The van der Waals surface area contributed by atoms with Gasteiger partial charge in [0.2, 0.25) is 5.88 Å². The monoisotopic (exact) mass is 234 g/mol. The summed E-state index contributed by atoms with van der Waals surface area (Å²) in [7, 11) is 0. The molecule has 0 amide bonds. The minimum absolute atomic E-state index is 0.363. The average molecular weight is 234 g/mol. The first-order valence-corrected chi connectivity index (χ1v) is 6.76. The van der Waals surface area contributed by atoms with Crippen LogP contribution < -0.4 is 10.1 Å². The molecule has 1 N–H and O–H groups in total. The van der Waals surface area contributed by atoms with E-state index in [2.05, 4.69) is 17.2 Å². The zero-order valence-corrected chi connectivity index (χ0v) is 10.6. The Labute approximate surface area is 104 Å². The molecule has 1 aliphatic carbocycles. The van der Waals surface area contributed by atoms with Gasteiger partial charge in [0.1, 0.15) is 11.9 Å². The van der Waals surface area contributed by atoms with Crippen molar-refractivity contribution in [2.75, 3.05) is 11.9 Å². The van der Waals surface area contributed by atoms with E-state index < -0.39 is 0 Å². The highest BCUT2D eigenvalue weighted by atomic mass is 16.5. The van der Waals surface area contributed by atoms with Gasteiger partial charge in [-0.05, 0) is 38.7 Å². The lowest BCUT2D eigenvalue weighted by molar-refractivity contribution is 0.176. The third-order valence-electron chi connectivity index (χ3n) is 3.17. The van der Waals surface area contributed by atoms with Gasteiger partial charge in [-0.25, -0.2) is 0 Å². The van der Waals surface area contributed by atoms with Crippen LogP contribution in [0.4, 0.5) is 5.82 Å². The molecule has 3 nitrogen and oxygen atoms in total. The summed E-state index contributed by atoms with van der Waals surface area (Å²) in [5.41, 5.74) is 0. The Balaban J connectivity index is 1.94. The Morgan fingerprint density at radius 1 is 1.24 bits per heavy atom. The van der Waals surface area contributed by atoms with Gasteiger partial charge in [-0.2, -0.15) is 4.98 Å². The number of anilines is 1. The molecule has 3 heteroatoms. The Hall–Kier alpha value is -1.25. The molecule has 2 rings (SSSR count). The Kier molecular flexibility index (Phi) is 4.65. The summed E-state index contributed by atoms with van der Waals surface area (Å²) in [6.07, 6.45) is 7.99. The van der Waals surface area contributed by atoms with Gasteiger partial charge in [-0.3, -0.25) is 0 Å². The van der Waals surface area contributed by atoms with E-state index in [9.17, 15) is 0 Å². The first-order chi connectivity index (χ1) is 8.38. The first-order valence-electron chi connectivity index (χ1n) is 6.76. The van der Waals surface area contributed by atoms with Gasteiger partial charge in [0.15, 0.2) is 0 Å². The second kappa shape index (κ2) is 6.48. The molecule has 0 aromatic carbocycles. The highest BCUT2D eigenvalue weighted by Crippen LogP contribution is 2.22. The summed E-state index contributed by atoms with van der Waals surface area (Å²) < 4.78 is 5.97. The van der Waals surface area contributed by atoms with Crippen LogP contribution >= 0.6 is 0 Å². The third-order valence-corrected chi connectivity index (χ3v) is 3.17. The number of nitrogens with zero attached hydrogens (tertiary/aromatic N) is 1. The van der Waals surface area contributed by atoms with E-state index in [-0.39, 0.29) is 0 Å². The zero-order valence-electron chi connectivity index (χ0n) is 10.6. The smallest absolute Gasteiger partial charge is 0.215 e. The van der Waals surface area contributed by atoms with Gasteiger partial charge >= 0.3 is 0 Å². The van der Waals surface area contributed by atoms with Crippen molar-refractivity contribution in [2.45, 2.75) is 51.6 Å². The maximum absolute atomic E-state index is 5.97. The van der Waals surface area contributed by atoms with Crippen molar-refractivity contribution in [1.29, 1.82) is 0 Å². The molecule has 0 bridgehead atoms. The van der Waals surface area contributed by atoms with Crippen LogP contribution in [0.1, 0.15) is 45.4 Å². The Bertz CT molecular complexity index is 333. The van der Waals surface area contributed by atoms with Crippen molar-refractivity contribution in [3.05, 3.63) is 18.2 Å². The van der Waals surface area contributed by atoms with Gasteiger partial charge in [-0.1, -0.05) is 18.9 Å². The van der Waals surface area contributed by atoms with E-state index in [0.29, 0.717) is 6.10 Å². The van der Waals surface area contributed by atoms with E-state index >= 15 is 0 Å². The van der Waals surface area contributed by atoms with Gasteiger partial charge < -0.3 is 10.1 Å². The average Bonchev–Trinajstić information content (AvgIpc) is 2.59. The zero-order chi connectivity index (χ0) is 11.9. The minimum atomic E-state index is 0.363. The molecular formula is C14H22N2O. The summed E-state index contributed by atoms with van der Waals surface area (Å²) in [5.74, 6) is 1.66. The fourth-order valence-electron chi connectivity index (χ4n) is 2.29. The first kappa shape index (κ1) is 12.2. The maximum atomic E-state index is 5.97. The molecule has 94 valence electrons. The number of ether oxygens (including phenoxy) is 1. The van der Waals surface area contributed by atoms with Crippen LogP contribution in [0.3, 0.4) is 0 Å². The summed E-state index contributed by atoms with van der Waals surface area (Å²) in [5, 5.41) is 3.21. The van der Waals surface area contributed by atoms with Gasteiger partial charge in [0.25, 0.3) is 0 Å². The van der Waals surface area contributed by atoms with Crippen molar-refractivity contribution in [3.63, 3.8) is 0 Å². The SMILES string of the molecule is CCNc1cccc(OC2CCCCCC2)n1. The summed E-state index contributed by atoms with van der Waals surface area (Å²) >= 11 is 0. The van der Waals surface area contributed by atoms with Crippen molar-refractivity contribution < 1.29 is 4.74 Å². The van der Waals surface area contributed by atoms with Crippen molar-refractivity contribution in [2.24, 2.45) is 0 Å². The predicted molar refractivity (Wildman–Crippen MR) is 70.5 cm³/mol. The molecule has 0 saturated heterocycles. The lowest BCUT2D eigenvalue weighted by Gasteiger charge is -2.16. The van der Waals surface area contributed by atoms with Crippen LogP contribution in [0, 0.1) is 0 Å². The Morgan fingerprint density at radius 3 is 2.71 bits per heavy atom. The number of pyridine rings is 1. The molecular weight excluding hydrogens is 212 g/mol. The number of nitrogens with one attached hydrogen (secondary N) is 1. The van der Waals surface area contributed by atoms with E-state index in [0.717, 1.165) is 18.2 Å². The Morgan fingerprint density at radius 2 is 2.00 bits per heavy atom. The van der Waals surface area contributed by atoms with Crippen molar-refractivity contribution in [3.8, 4) is 5.88 Å². The molecule has 1 aromatic rings. The largest absolute Gasteiger partial charge is 0.474 e. The van der Waals surface area contributed by atoms with Crippen LogP contribution in [0.25, 0.3) is 0 Å². The number of aromatic nitrogens is 1. The fourth-order valence-corrected chi connectivity index (χ4v) is 2.29. The highest BCUT2D eigenvalue weighted by Gasteiger charge is 2.14. The molecule has 17 heavy (non-hydrogen) atoms. The second-order valence-electron chi connectivity index (χ2n) is 4.62. The number of hydrogen-bond donors (Lipinski definition) is 1. The lowest BCUT2D eigenvalue weighted by Crippen LogP contribution is -2.16. The van der Waals surface area contributed by atoms with E-state index in [1.54, 1.807) is 0 Å². The van der Waals surface area contributed by atoms with Gasteiger partial charge in [0, 0.05) is 12.6 Å². The molecule has 1 aromatic heterocycles. The normalized spacial score (nSPS) is 17.5. The molecule has 0 spiro atoms. The molecule has 1 aliphatic rings. The molecule has 0 atom stereocenters. The van der Waals surface area contributed by atoms with E-state index in [1.165, 1.54) is 38.5 Å².